The number of hydrogen-bond acceptors (Lipinski definition) is 1. The monoisotopic (exact) mass is 163 g/mol. The van der Waals surface area contributed by atoms with E-state index in [1.165, 1.54) is 25.7 Å². The molecule has 4 aliphatic carbocycles. The van der Waals surface area contributed by atoms with E-state index in [2.05, 4.69) is 4.99 Å². The van der Waals surface area contributed by atoms with Gasteiger partial charge < -0.3 is 0 Å². The topological polar surface area (TPSA) is 12.4 Å². The second kappa shape index (κ2) is 2.34. The molecule has 0 N–H and O–H groups in total. The highest BCUT2D eigenvalue weighted by Gasteiger charge is 2.45. The van der Waals surface area contributed by atoms with Gasteiger partial charge in [-0.05, 0) is 55.8 Å². The summed E-state index contributed by atoms with van der Waals surface area (Å²) < 4.78 is 0. The van der Waals surface area contributed by atoms with Crippen LogP contribution < -0.4 is 0 Å². The molecule has 4 aliphatic rings. The van der Waals surface area contributed by atoms with Gasteiger partial charge in [-0.2, -0.15) is 0 Å². The molecule has 0 unspecified atom stereocenters. The molecule has 1 heteroatoms. The van der Waals surface area contributed by atoms with Gasteiger partial charge in [0, 0.05) is 12.8 Å². The molecule has 0 aromatic heterocycles. The Morgan fingerprint density at radius 1 is 0.917 bits per heavy atom. The van der Waals surface area contributed by atoms with Crippen molar-refractivity contribution in [2.24, 2.45) is 28.7 Å². The van der Waals surface area contributed by atoms with E-state index in [0.29, 0.717) is 0 Å². The van der Waals surface area contributed by atoms with Crippen LogP contribution in [0.5, 0.6) is 0 Å². The molecular formula is C11H17N. The minimum atomic E-state index is 0.909. The number of aliphatic imine (C=N–C) groups is 1. The molecule has 0 aromatic carbocycles. The van der Waals surface area contributed by atoms with Crippen molar-refractivity contribution in [3.63, 3.8) is 0 Å². The maximum Gasteiger partial charge on any atom is 0.0276 e. The molecule has 0 aromatic rings. The first kappa shape index (κ1) is 7.11. The van der Waals surface area contributed by atoms with E-state index >= 15 is 0 Å². The summed E-state index contributed by atoms with van der Waals surface area (Å²) in [6.07, 6.45) is 7.43. The van der Waals surface area contributed by atoms with Crippen LogP contribution in [0.2, 0.25) is 0 Å². The third-order valence-corrected chi connectivity index (χ3v) is 4.23. The fourth-order valence-corrected chi connectivity index (χ4v) is 4.03. The van der Waals surface area contributed by atoms with Gasteiger partial charge in [0.15, 0.2) is 0 Å². The second-order valence-corrected chi connectivity index (χ2v) is 4.95. The highest BCUT2D eigenvalue weighted by molar-refractivity contribution is 5.90. The predicted molar refractivity (Wildman–Crippen MR) is 50.4 cm³/mol. The maximum absolute atomic E-state index is 4.50. The lowest BCUT2D eigenvalue weighted by Gasteiger charge is -2.50. The van der Waals surface area contributed by atoms with Gasteiger partial charge in [-0.1, -0.05) is 0 Å². The number of hydrogen-bond donors (Lipinski definition) is 0. The van der Waals surface area contributed by atoms with Crippen LogP contribution in [0.15, 0.2) is 4.99 Å². The van der Waals surface area contributed by atoms with E-state index < -0.39 is 0 Å². The highest BCUT2D eigenvalue weighted by Crippen LogP contribution is 2.52. The molecule has 4 saturated carbocycles. The lowest BCUT2D eigenvalue weighted by Crippen LogP contribution is -2.45. The van der Waals surface area contributed by atoms with Crippen LogP contribution in [-0.4, -0.2) is 12.8 Å². The van der Waals surface area contributed by atoms with Crippen LogP contribution in [0, 0.1) is 23.7 Å². The van der Waals surface area contributed by atoms with Crippen LogP contribution in [0.4, 0.5) is 0 Å². The zero-order valence-corrected chi connectivity index (χ0v) is 7.79. The quantitative estimate of drug-likeness (QED) is 0.520. The summed E-state index contributed by atoms with van der Waals surface area (Å²) in [5.41, 5.74) is 1.59. The molecule has 1 nitrogen and oxygen atoms in total. The van der Waals surface area contributed by atoms with E-state index in [9.17, 15) is 0 Å². The summed E-state index contributed by atoms with van der Waals surface area (Å²) >= 11 is 0. The molecule has 0 radical (unpaired) electrons. The minimum Gasteiger partial charge on any atom is -0.297 e. The molecule has 4 fully saturated rings. The summed E-state index contributed by atoms with van der Waals surface area (Å²) in [4.78, 5) is 4.50. The molecule has 0 heterocycles. The molecule has 0 aliphatic heterocycles. The van der Waals surface area contributed by atoms with Crippen molar-refractivity contribution in [2.75, 3.05) is 7.05 Å². The van der Waals surface area contributed by atoms with Crippen LogP contribution in [0.3, 0.4) is 0 Å². The second-order valence-electron chi connectivity index (χ2n) is 4.95. The average molecular weight is 163 g/mol. The lowest BCUT2D eigenvalue weighted by atomic mass is 9.55. The number of rotatable bonds is 0. The fraction of sp³-hybridized carbons (Fsp3) is 0.909. The van der Waals surface area contributed by atoms with Crippen molar-refractivity contribution in [3.05, 3.63) is 0 Å². The zero-order valence-electron chi connectivity index (χ0n) is 7.79. The van der Waals surface area contributed by atoms with Crippen LogP contribution in [-0.2, 0) is 0 Å². The van der Waals surface area contributed by atoms with Crippen LogP contribution in [0.1, 0.15) is 32.1 Å². The van der Waals surface area contributed by atoms with Gasteiger partial charge >= 0.3 is 0 Å². The van der Waals surface area contributed by atoms with Crippen LogP contribution >= 0.6 is 0 Å². The lowest BCUT2D eigenvalue weighted by molar-refractivity contribution is 0.108. The highest BCUT2D eigenvalue weighted by atomic mass is 14.7. The summed E-state index contributed by atoms with van der Waals surface area (Å²) in [5.74, 6) is 3.98. The van der Waals surface area contributed by atoms with Crippen molar-refractivity contribution in [1.82, 2.24) is 0 Å². The van der Waals surface area contributed by atoms with Crippen molar-refractivity contribution < 1.29 is 0 Å². The third kappa shape index (κ3) is 0.826. The summed E-state index contributed by atoms with van der Waals surface area (Å²) in [6.45, 7) is 0. The van der Waals surface area contributed by atoms with E-state index in [0.717, 1.165) is 23.7 Å². The van der Waals surface area contributed by atoms with Crippen molar-refractivity contribution in [1.29, 1.82) is 0 Å². The predicted octanol–water partition coefficient (Wildman–Crippen LogP) is 2.51. The standard InChI is InChI=1S/C11H17N/c1-12-11-9-3-7-2-8(5-9)6-10(11)4-7/h7-10H,2-6H2,1H3. The van der Waals surface area contributed by atoms with E-state index in [-0.39, 0.29) is 0 Å². The summed E-state index contributed by atoms with van der Waals surface area (Å²) in [6, 6.07) is 0. The minimum absolute atomic E-state index is 0.909. The Balaban J connectivity index is 1.95. The Morgan fingerprint density at radius 2 is 1.42 bits per heavy atom. The van der Waals surface area contributed by atoms with Gasteiger partial charge in [0.1, 0.15) is 0 Å². The molecule has 0 atom stereocenters. The van der Waals surface area contributed by atoms with Gasteiger partial charge in [0.2, 0.25) is 0 Å². The van der Waals surface area contributed by atoms with Crippen molar-refractivity contribution >= 4 is 5.71 Å². The smallest absolute Gasteiger partial charge is 0.0276 e. The Labute approximate surface area is 74.3 Å². The van der Waals surface area contributed by atoms with E-state index in [1.54, 1.807) is 12.1 Å². The molecule has 12 heavy (non-hydrogen) atoms. The first-order valence-corrected chi connectivity index (χ1v) is 5.33. The molecule has 0 saturated heterocycles. The average Bonchev–Trinajstić information content (AvgIpc) is 2.02. The first-order chi connectivity index (χ1) is 5.86. The molecule has 4 bridgehead atoms. The van der Waals surface area contributed by atoms with Gasteiger partial charge in [-0.15, -0.1) is 0 Å². The van der Waals surface area contributed by atoms with Gasteiger partial charge in [-0.3, -0.25) is 4.99 Å². The van der Waals surface area contributed by atoms with Gasteiger partial charge in [0.25, 0.3) is 0 Å². The SMILES string of the molecule is CN=C1C2CC3CC(C2)CC1C3. The molecular weight excluding hydrogens is 146 g/mol. The Bertz CT molecular complexity index is 199. The summed E-state index contributed by atoms with van der Waals surface area (Å²) in [7, 11) is 2.00. The van der Waals surface area contributed by atoms with Crippen molar-refractivity contribution in [3.8, 4) is 0 Å². The largest absolute Gasteiger partial charge is 0.297 e. The Morgan fingerprint density at radius 3 is 1.83 bits per heavy atom. The third-order valence-electron chi connectivity index (χ3n) is 4.23. The van der Waals surface area contributed by atoms with Crippen molar-refractivity contribution in [2.45, 2.75) is 32.1 Å². The maximum atomic E-state index is 4.50. The molecule has 4 rings (SSSR count). The van der Waals surface area contributed by atoms with Gasteiger partial charge in [-0.25, -0.2) is 0 Å². The molecule has 66 valence electrons. The fourth-order valence-electron chi connectivity index (χ4n) is 4.03. The normalized spacial score (nSPS) is 49.9. The number of nitrogens with zero attached hydrogens (tertiary/aromatic N) is 1. The zero-order chi connectivity index (χ0) is 8.13. The van der Waals surface area contributed by atoms with Crippen LogP contribution in [0.25, 0.3) is 0 Å². The van der Waals surface area contributed by atoms with Gasteiger partial charge in [0.05, 0.1) is 0 Å². The molecule has 0 spiro atoms. The van der Waals surface area contributed by atoms with E-state index in [1.807, 2.05) is 7.05 Å². The Kier molecular flexibility index (Phi) is 1.38. The first-order valence-electron chi connectivity index (χ1n) is 5.33. The molecule has 0 amide bonds. The summed E-state index contributed by atoms with van der Waals surface area (Å²) in [5, 5.41) is 0. The van der Waals surface area contributed by atoms with E-state index in [4.69, 9.17) is 0 Å². The Hall–Kier alpha value is -0.330.